The molecule has 1 N–H and O–H groups in total. The van der Waals surface area contributed by atoms with Crippen LogP contribution in [0.4, 0.5) is 0 Å². The van der Waals surface area contributed by atoms with Gasteiger partial charge in [0.2, 0.25) is 0 Å². The second kappa shape index (κ2) is 6.65. The molecule has 0 aromatic heterocycles. The zero-order valence-corrected chi connectivity index (χ0v) is 11.5. The van der Waals surface area contributed by atoms with Crippen LogP contribution >= 0.6 is 0 Å². The van der Waals surface area contributed by atoms with Crippen LogP contribution in [0.5, 0.6) is 5.75 Å². The van der Waals surface area contributed by atoms with Gasteiger partial charge in [-0.05, 0) is 29.5 Å². The van der Waals surface area contributed by atoms with E-state index in [2.05, 4.69) is 38.2 Å². The monoisotopic (exact) mass is 235 g/mol. The molecule has 1 aromatic carbocycles. The van der Waals surface area contributed by atoms with Crippen molar-refractivity contribution in [1.29, 1.82) is 0 Å². The lowest BCUT2D eigenvalue weighted by Gasteiger charge is -2.24. The van der Waals surface area contributed by atoms with Gasteiger partial charge in [-0.25, -0.2) is 0 Å². The SMILES string of the molecule is CCCC(C)(C)CNCc1ccc(OC)cc1. The molecule has 0 bridgehead atoms. The molecular weight excluding hydrogens is 210 g/mol. The maximum Gasteiger partial charge on any atom is 0.118 e. The van der Waals surface area contributed by atoms with Gasteiger partial charge in [-0.1, -0.05) is 39.3 Å². The first-order chi connectivity index (χ1) is 8.07. The third-order valence-electron chi connectivity index (χ3n) is 3.02. The van der Waals surface area contributed by atoms with E-state index in [1.54, 1.807) is 7.11 Å². The van der Waals surface area contributed by atoms with E-state index in [9.17, 15) is 0 Å². The third-order valence-corrected chi connectivity index (χ3v) is 3.02. The van der Waals surface area contributed by atoms with Crippen LogP contribution in [0.25, 0.3) is 0 Å². The van der Waals surface area contributed by atoms with Crippen LogP contribution in [0.15, 0.2) is 24.3 Å². The van der Waals surface area contributed by atoms with E-state index in [0.717, 1.165) is 18.8 Å². The molecule has 0 radical (unpaired) electrons. The molecule has 0 fully saturated rings. The highest BCUT2D eigenvalue weighted by Gasteiger charge is 2.15. The van der Waals surface area contributed by atoms with Gasteiger partial charge in [0, 0.05) is 13.1 Å². The Bertz CT molecular complexity index is 316. The summed E-state index contributed by atoms with van der Waals surface area (Å²) in [6.45, 7) is 8.87. The Balaban J connectivity index is 2.35. The van der Waals surface area contributed by atoms with E-state index < -0.39 is 0 Å². The van der Waals surface area contributed by atoms with Crippen molar-refractivity contribution in [2.24, 2.45) is 5.41 Å². The lowest BCUT2D eigenvalue weighted by Crippen LogP contribution is -2.28. The predicted molar refractivity (Wildman–Crippen MR) is 73.4 cm³/mol. The Labute approximate surface area is 105 Å². The first kappa shape index (κ1) is 14.0. The second-order valence-electron chi connectivity index (χ2n) is 5.37. The highest BCUT2D eigenvalue weighted by molar-refractivity contribution is 5.26. The van der Waals surface area contributed by atoms with Crippen molar-refractivity contribution in [3.8, 4) is 5.75 Å². The Kier molecular flexibility index (Phi) is 5.49. The molecule has 0 saturated heterocycles. The highest BCUT2D eigenvalue weighted by atomic mass is 16.5. The van der Waals surface area contributed by atoms with E-state index in [1.807, 2.05) is 12.1 Å². The van der Waals surface area contributed by atoms with Gasteiger partial charge < -0.3 is 10.1 Å². The highest BCUT2D eigenvalue weighted by Crippen LogP contribution is 2.20. The average molecular weight is 235 g/mol. The summed E-state index contributed by atoms with van der Waals surface area (Å²) < 4.78 is 5.14. The van der Waals surface area contributed by atoms with Gasteiger partial charge in [0.15, 0.2) is 0 Å². The lowest BCUT2D eigenvalue weighted by atomic mass is 9.88. The largest absolute Gasteiger partial charge is 0.497 e. The van der Waals surface area contributed by atoms with E-state index in [1.165, 1.54) is 18.4 Å². The van der Waals surface area contributed by atoms with Gasteiger partial charge >= 0.3 is 0 Å². The van der Waals surface area contributed by atoms with E-state index in [0.29, 0.717) is 5.41 Å². The summed E-state index contributed by atoms with van der Waals surface area (Å²) in [5.74, 6) is 0.917. The van der Waals surface area contributed by atoms with E-state index >= 15 is 0 Å². The average Bonchev–Trinajstić information content (AvgIpc) is 2.29. The summed E-state index contributed by atoms with van der Waals surface area (Å²) in [5.41, 5.74) is 1.69. The normalized spacial score (nSPS) is 11.5. The van der Waals surface area contributed by atoms with Gasteiger partial charge in [-0.15, -0.1) is 0 Å². The van der Waals surface area contributed by atoms with Gasteiger partial charge in [-0.2, -0.15) is 0 Å². The van der Waals surface area contributed by atoms with Crippen molar-refractivity contribution in [1.82, 2.24) is 5.32 Å². The fraction of sp³-hybridized carbons (Fsp3) is 0.600. The zero-order valence-electron chi connectivity index (χ0n) is 11.5. The minimum absolute atomic E-state index is 0.390. The molecule has 0 atom stereocenters. The van der Waals surface area contributed by atoms with Crippen LogP contribution < -0.4 is 10.1 Å². The summed E-state index contributed by atoms with van der Waals surface area (Å²) in [7, 11) is 1.69. The summed E-state index contributed by atoms with van der Waals surface area (Å²) >= 11 is 0. The summed E-state index contributed by atoms with van der Waals surface area (Å²) in [4.78, 5) is 0. The Morgan fingerprint density at radius 2 is 1.82 bits per heavy atom. The zero-order chi connectivity index (χ0) is 12.7. The van der Waals surface area contributed by atoms with Crippen molar-refractivity contribution in [3.63, 3.8) is 0 Å². The van der Waals surface area contributed by atoms with Crippen LogP contribution in [0.2, 0.25) is 0 Å². The van der Waals surface area contributed by atoms with Crippen molar-refractivity contribution in [3.05, 3.63) is 29.8 Å². The lowest BCUT2D eigenvalue weighted by molar-refractivity contribution is 0.310. The summed E-state index contributed by atoms with van der Waals surface area (Å²) in [5, 5.41) is 3.52. The minimum atomic E-state index is 0.390. The molecule has 2 nitrogen and oxygen atoms in total. The minimum Gasteiger partial charge on any atom is -0.497 e. The topological polar surface area (TPSA) is 21.3 Å². The fourth-order valence-electron chi connectivity index (χ4n) is 2.05. The molecule has 0 heterocycles. The third kappa shape index (κ3) is 5.22. The first-order valence-corrected chi connectivity index (χ1v) is 6.41. The number of benzene rings is 1. The quantitative estimate of drug-likeness (QED) is 0.779. The molecule has 0 saturated carbocycles. The second-order valence-corrected chi connectivity index (χ2v) is 5.37. The molecule has 17 heavy (non-hydrogen) atoms. The molecule has 96 valence electrons. The van der Waals surface area contributed by atoms with Gasteiger partial charge in [-0.3, -0.25) is 0 Å². The van der Waals surface area contributed by atoms with Crippen LogP contribution in [-0.2, 0) is 6.54 Å². The number of methoxy groups -OCH3 is 1. The Morgan fingerprint density at radius 3 is 2.35 bits per heavy atom. The van der Waals surface area contributed by atoms with Gasteiger partial charge in [0.1, 0.15) is 5.75 Å². The molecule has 0 aliphatic heterocycles. The fourth-order valence-corrected chi connectivity index (χ4v) is 2.05. The molecule has 0 amide bonds. The van der Waals surface area contributed by atoms with Crippen molar-refractivity contribution in [2.75, 3.05) is 13.7 Å². The van der Waals surface area contributed by atoms with Crippen LogP contribution in [0, 0.1) is 5.41 Å². The first-order valence-electron chi connectivity index (χ1n) is 6.41. The molecule has 0 unspecified atom stereocenters. The molecule has 0 spiro atoms. The van der Waals surface area contributed by atoms with E-state index in [4.69, 9.17) is 4.74 Å². The van der Waals surface area contributed by atoms with Gasteiger partial charge in [0.25, 0.3) is 0 Å². The standard InChI is InChI=1S/C15H25NO/c1-5-10-15(2,3)12-16-11-13-6-8-14(17-4)9-7-13/h6-9,16H,5,10-12H2,1-4H3. The molecule has 0 aliphatic rings. The number of hydrogen-bond donors (Lipinski definition) is 1. The molecule has 1 rings (SSSR count). The summed E-state index contributed by atoms with van der Waals surface area (Å²) in [6, 6.07) is 8.24. The Morgan fingerprint density at radius 1 is 1.18 bits per heavy atom. The van der Waals surface area contributed by atoms with Crippen molar-refractivity contribution >= 4 is 0 Å². The maximum absolute atomic E-state index is 5.14. The maximum atomic E-state index is 5.14. The van der Waals surface area contributed by atoms with E-state index in [-0.39, 0.29) is 0 Å². The van der Waals surface area contributed by atoms with Crippen molar-refractivity contribution in [2.45, 2.75) is 40.2 Å². The summed E-state index contributed by atoms with van der Waals surface area (Å²) in [6.07, 6.45) is 2.51. The molecule has 2 heteroatoms. The number of ether oxygens (including phenoxy) is 1. The molecule has 1 aromatic rings. The molecular formula is C15H25NO. The smallest absolute Gasteiger partial charge is 0.118 e. The van der Waals surface area contributed by atoms with Crippen LogP contribution in [0.3, 0.4) is 0 Å². The van der Waals surface area contributed by atoms with Crippen molar-refractivity contribution < 1.29 is 4.74 Å². The number of rotatable bonds is 7. The van der Waals surface area contributed by atoms with Crippen LogP contribution in [0.1, 0.15) is 39.2 Å². The number of hydrogen-bond acceptors (Lipinski definition) is 2. The Hall–Kier alpha value is -1.02. The number of nitrogens with one attached hydrogen (secondary N) is 1. The van der Waals surface area contributed by atoms with Crippen LogP contribution in [-0.4, -0.2) is 13.7 Å². The molecule has 0 aliphatic carbocycles. The predicted octanol–water partition coefficient (Wildman–Crippen LogP) is 3.61. The van der Waals surface area contributed by atoms with Gasteiger partial charge in [0.05, 0.1) is 7.11 Å².